The van der Waals surface area contributed by atoms with Gasteiger partial charge >= 0.3 is 0 Å². The maximum Gasteiger partial charge on any atom is 0.0658 e. The molecule has 3 heteroatoms. The van der Waals surface area contributed by atoms with E-state index in [9.17, 15) is 10.2 Å². The molecule has 0 spiro atoms. The standard InChI is InChI=1S/C12H26O3/c1-9(13)7-11(3,4)15-12(5,6)8-10(2)14/h9-10,13-14H,7-8H2,1-6H3. The molecule has 0 amide bonds. The van der Waals surface area contributed by atoms with Gasteiger partial charge in [-0.05, 0) is 41.5 Å². The molecule has 15 heavy (non-hydrogen) atoms. The predicted octanol–water partition coefficient (Wildman–Crippen LogP) is 2.10. The van der Waals surface area contributed by atoms with Crippen LogP contribution in [-0.2, 0) is 4.74 Å². The molecular formula is C12H26O3. The Morgan fingerprint density at radius 2 is 1.13 bits per heavy atom. The fourth-order valence-electron chi connectivity index (χ4n) is 2.25. The molecule has 92 valence electrons. The van der Waals surface area contributed by atoms with Crippen molar-refractivity contribution in [1.29, 1.82) is 0 Å². The molecule has 0 aliphatic rings. The fourth-order valence-corrected chi connectivity index (χ4v) is 2.25. The van der Waals surface area contributed by atoms with Gasteiger partial charge in [0.1, 0.15) is 0 Å². The van der Waals surface area contributed by atoms with Gasteiger partial charge in [-0.25, -0.2) is 0 Å². The normalized spacial score (nSPS) is 17.6. The van der Waals surface area contributed by atoms with Crippen LogP contribution in [0.5, 0.6) is 0 Å². The Morgan fingerprint density at radius 1 is 0.867 bits per heavy atom. The van der Waals surface area contributed by atoms with E-state index in [1.807, 2.05) is 27.7 Å². The number of aliphatic hydroxyl groups excluding tert-OH is 2. The second-order valence-electron chi connectivity index (χ2n) is 5.73. The minimum Gasteiger partial charge on any atom is -0.393 e. The van der Waals surface area contributed by atoms with Gasteiger partial charge in [0.2, 0.25) is 0 Å². The highest BCUT2D eigenvalue weighted by atomic mass is 16.5. The summed E-state index contributed by atoms with van der Waals surface area (Å²) in [6, 6.07) is 0. The lowest BCUT2D eigenvalue weighted by Crippen LogP contribution is -2.40. The average molecular weight is 218 g/mol. The topological polar surface area (TPSA) is 49.7 Å². The SMILES string of the molecule is CC(O)CC(C)(C)OC(C)(C)CC(C)O. The maximum absolute atomic E-state index is 9.34. The molecule has 0 aromatic rings. The summed E-state index contributed by atoms with van der Waals surface area (Å²) in [5.41, 5.74) is -0.737. The van der Waals surface area contributed by atoms with Crippen molar-refractivity contribution in [2.45, 2.75) is 77.8 Å². The fraction of sp³-hybridized carbons (Fsp3) is 1.00. The van der Waals surface area contributed by atoms with E-state index in [1.165, 1.54) is 0 Å². The first kappa shape index (κ1) is 14.9. The summed E-state index contributed by atoms with van der Waals surface area (Å²) in [7, 11) is 0. The molecule has 0 fully saturated rings. The molecule has 0 saturated heterocycles. The second kappa shape index (κ2) is 5.28. The molecular weight excluding hydrogens is 192 g/mol. The van der Waals surface area contributed by atoms with Gasteiger partial charge in [0.15, 0.2) is 0 Å². The first-order chi connectivity index (χ1) is 6.54. The number of hydrogen-bond donors (Lipinski definition) is 2. The van der Waals surface area contributed by atoms with Crippen molar-refractivity contribution >= 4 is 0 Å². The minimum atomic E-state index is -0.373. The van der Waals surface area contributed by atoms with Gasteiger partial charge in [-0.15, -0.1) is 0 Å². The average Bonchev–Trinajstić information content (AvgIpc) is 1.73. The molecule has 0 aliphatic carbocycles. The maximum atomic E-state index is 9.34. The van der Waals surface area contributed by atoms with Crippen molar-refractivity contribution in [3.63, 3.8) is 0 Å². The Kier molecular flexibility index (Phi) is 5.24. The van der Waals surface area contributed by atoms with Crippen molar-refractivity contribution in [2.75, 3.05) is 0 Å². The van der Waals surface area contributed by atoms with Crippen LogP contribution in [0.15, 0.2) is 0 Å². The Hall–Kier alpha value is -0.120. The van der Waals surface area contributed by atoms with Crippen LogP contribution >= 0.6 is 0 Å². The molecule has 0 aromatic carbocycles. The zero-order chi connectivity index (χ0) is 12.3. The van der Waals surface area contributed by atoms with E-state index >= 15 is 0 Å². The highest BCUT2D eigenvalue weighted by Crippen LogP contribution is 2.27. The highest BCUT2D eigenvalue weighted by Gasteiger charge is 2.31. The van der Waals surface area contributed by atoms with Crippen LogP contribution in [0.4, 0.5) is 0 Å². The van der Waals surface area contributed by atoms with E-state index in [0.29, 0.717) is 12.8 Å². The van der Waals surface area contributed by atoms with Crippen LogP contribution < -0.4 is 0 Å². The minimum absolute atomic E-state index is 0.368. The molecule has 3 nitrogen and oxygen atoms in total. The Morgan fingerprint density at radius 3 is 1.33 bits per heavy atom. The van der Waals surface area contributed by atoms with Crippen molar-refractivity contribution < 1.29 is 14.9 Å². The quantitative estimate of drug-likeness (QED) is 0.718. The van der Waals surface area contributed by atoms with Gasteiger partial charge in [0.05, 0.1) is 23.4 Å². The summed E-state index contributed by atoms with van der Waals surface area (Å²) >= 11 is 0. The molecule has 0 aliphatic heterocycles. The van der Waals surface area contributed by atoms with Crippen LogP contribution in [0.25, 0.3) is 0 Å². The van der Waals surface area contributed by atoms with Gasteiger partial charge in [-0.1, -0.05) is 0 Å². The van der Waals surface area contributed by atoms with Gasteiger partial charge in [0, 0.05) is 12.8 Å². The number of hydrogen-bond acceptors (Lipinski definition) is 3. The summed E-state index contributed by atoms with van der Waals surface area (Å²) in [4.78, 5) is 0. The monoisotopic (exact) mass is 218 g/mol. The lowest BCUT2D eigenvalue weighted by molar-refractivity contribution is -0.147. The van der Waals surface area contributed by atoms with E-state index < -0.39 is 0 Å². The molecule has 2 unspecified atom stereocenters. The smallest absolute Gasteiger partial charge is 0.0658 e. The van der Waals surface area contributed by atoms with Gasteiger partial charge in [-0.3, -0.25) is 0 Å². The van der Waals surface area contributed by atoms with Crippen LogP contribution in [0, 0.1) is 0 Å². The van der Waals surface area contributed by atoms with E-state index in [1.54, 1.807) is 13.8 Å². The Labute approximate surface area is 93.5 Å². The molecule has 2 atom stereocenters. The van der Waals surface area contributed by atoms with Crippen molar-refractivity contribution in [2.24, 2.45) is 0 Å². The number of ether oxygens (including phenoxy) is 1. The van der Waals surface area contributed by atoms with E-state index in [-0.39, 0.29) is 23.4 Å². The molecule has 0 saturated carbocycles. The molecule has 0 aromatic heterocycles. The largest absolute Gasteiger partial charge is 0.393 e. The molecule has 2 N–H and O–H groups in total. The van der Waals surface area contributed by atoms with E-state index in [2.05, 4.69) is 0 Å². The first-order valence-electron chi connectivity index (χ1n) is 5.60. The Bertz CT molecular complexity index is 163. The zero-order valence-electron chi connectivity index (χ0n) is 10.9. The summed E-state index contributed by atoms with van der Waals surface area (Å²) in [6.45, 7) is 11.4. The predicted molar refractivity (Wildman–Crippen MR) is 61.8 cm³/mol. The molecule has 0 bridgehead atoms. The molecule has 0 heterocycles. The third kappa shape index (κ3) is 7.77. The lowest BCUT2D eigenvalue weighted by Gasteiger charge is -2.37. The first-order valence-corrected chi connectivity index (χ1v) is 5.60. The van der Waals surface area contributed by atoms with Crippen molar-refractivity contribution in [3.05, 3.63) is 0 Å². The zero-order valence-corrected chi connectivity index (χ0v) is 10.9. The summed E-state index contributed by atoms with van der Waals surface area (Å²) in [5, 5.41) is 18.7. The second-order valence-corrected chi connectivity index (χ2v) is 5.73. The van der Waals surface area contributed by atoms with Crippen LogP contribution in [0.2, 0.25) is 0 Å². The van der Waals surface area contributed by atoms with Gasteiger partial charge < -0.3 is 14.9 Å². The van der Waals surface area contributed by atoms with Crippen LogP contribution in [0.3, 0.4) is 0 Å². The van der Waals surface area contributed by atoms with Gasteiger partial charge in [-0.2, -0.15) is 0 Å². The van der Waals surface area contributed by atoms with Crippen LogP contribution in [0.1, 0.15) is 54.4 Å². The van der Waals surface area contributed by atoms with E-state index in [0.717, 1.165) is 0 Å². The number of rotatable bonds is 6. The molecule has 0 rings (SSSR count). The van der Waals surface area contributed by atoms with E-state index in [4.69, 9.17) is 4.74 Å². The summed E-state index contributed by atoms with van der Waals surface area (Å²) in [6.07, 6.45) is 0.441. The highest BCUT2D eigenvalue weighted by molar-refractivity contribution is 4.80. The number of aliphatic hydroxyl groups is 2. The summed E-state index contributed by atoms with van der Waals surface area (Å²) < 4.78 is 5.93. The Balaban J connectivity index is 4.29. The molecule has 0 radical (unpaired) electrons. The van der Waals surface area contributed by atoms with Gasteiger partial charge in [0.25, 0.3) is 0 Å². The third-order valence-corrected chi connectivity index (χ3v) is 2.13. The lowest BCUT2D eigenvalue weighted by atomic mass is 9.96. The van der Waals surface area contributed by atoms with Crippen molar-refractivity contribution in [1.82, 2.24) is 0 Å². The van der Waals surface area contributed by atoms with Crippen molar-refractivity contribution in [3.8, 4) is 0 Å². The third-order valence-electron chi connectivity index (χ3n) is 2.13. The summed E-state index contributed by atoms with van der Waals surface area (Å²) in [5.74, 6) is 0. The van der Waals surface area contributed by atoms with Crippen LogP contribution in [-0.4, -0.2) is 33.6 Å².